The summed E-state index contributed by atoms with van der Waals surface area (Å²) in [6.45, 7) is 0. The van der Waals surface area contributed by atoms with Crippen LogP contribution in [-0.2, 0) is 0 Å². The lowest BCUT2D eigenvalue weighted by atomic mass is 9.96. The molecule has 2 heterocycles. The normalized spacial score (nSPS) is 16.1. The van der Waals surface area contributed by atoms with Crippen molar-refractivity contribution in [3.05, 3.63) is 114 Å². The second-order valence-electron chi connectivity index (χ2n) is 7.13. The fourth-order valence-corrected chi connectivity index (χ4v) is 3.79. The lowest BCUT2D eigenvalue weighted by Gasteiger charge is -2.22. The number of pyridine rings is 1. The molecule has 0 N–H and O–H groups in total. The summed E-state index contributed by atoms with van der Waals surface area (Å²) in [6.07, 6.45) is 4.20. The number of aromatic nitrogens is 1. The number of carbonyl (C=O) groups excluding carboxylic acids is 1. The molecule has 0 aliphatic carbocycles. The number of hydrogen-bond acceptors (Lipinski definition) is 3. The first-order chi connectivity index (χ1) is 14.3. The summed E-state index contributed by atoms with van der Waals surface area (Å²) < 4.78 is 0. The van der Waals surface area contributed by atoms with Gasteiger partial charge in [-0.3, -0.25) is 9.78 Å². The molecule has 5 rings (SSSR count). The zero-order chi connectivity index (χ0) is 19.6. The van der Waals surface area contributed by atoms with E-state index in [1.165, 1.54) is 5.39 Å². The first kappa shape index (κ1) is 17.3. The molecule has 1 aliphatic heterocycles. The Kier molecular flexibility index (Phi) is 4.37. The van der Waals surface area contributed by atoms with Crippen LogP contribution in [-0.4, -0.2) is 21.6 Å². The van der Waals surface area contributed by atoms with Crippen LogP contribution in [0.3, 0.4) is 0 Å². The highest BCUT2D eigenvalue weighted by Crippen LogP contribution is 2.35. The molecule has 0 spiro atoms. The van der Waals surface area contributed by atoms with Gasteiger partial charge in [-0.2, -0.15) is 5.10 Å². The Morgan fingerprint density at radius 2 is 1.66 bits per heavy atom. The monoisotopic (exact) mass is 377 g/mol. The lowest BCUT2D eigenvalue weighted by molar-refractivity contribution is 0.0711. The van der Waals surface area contributed by atoms with E-state index >= 15 is 0 Å². The van der Waals surface area contributed by atoms with Crippen molar-refractivity contribution in [1.29, 1.82) is 0 Å². The van der Waals surface area contributed by atoms with Crippen LogP contribution in [0, 0.1) is 0 Å². The molecular formula is C25H19N3O. The maximum atomic E-state index is 13.3. The van der Waals surface area contributed by atoms with Gasteiger partial charge < -0.3 is 0 Å². The van der Waals surface area contributed by atoms with E-state index in [2.05, 4.69) is 35.3 Å². The van der Waals surface area contributed by atoms with E-state index in [0.29, 0.717) is 12.0 Å². The van der Waals surface area contributed by atoms with Crippen LogP contribution in [0.2, 0.25) is 0 Å². The largest absolute Gasteiger partial charge is 0.274 e. The summed E-state index contributed by atoms with van der Waals surface area (Å²) in [7, 11) is 0. The molecule has 3 aromatic carbocycles. The van der Waals surface area contributed by atoms with Gasteiger partial charge in [-0.15, -0.1) is 0 Å². The molecular weight excluding hydrogens is 358 g/mol. The maximum Gasteiger partial charge on any atom is 0.274 e. The number of carbonyl (C=O) groups is 1. The summed E-state index contributed by atoms with van der Waals surface area (Å²) in [5.74, 6) is -0.0948. The van der Waals surface area contributed by atoms with E-state index in [-0.39, 0.29) is 11.9 Å². The Morgan fingerprint density at radius 1 is 0.862 bits per heavy atom. The minimum Gasteiger partial charge on any atom is -0.267 e. The maximum absolute atomic E-state index is 13.3. The van der Waals surface area contributed by atoms with Crippen molar-refractivity contribution < 1.29 is 4.79 Å². The van der Waals surface area contributed by atoms with Gasteiger partial charge in [-0.05, 0) is 40.6 Å². The molecule has 0 bridgehead atoms. The number of hydrazone groups is 1. The van der Waals surface area contributed by atoms with Crippen molar-refractivity contribution in [2.45, 2.75) is 12.5 Å². The molecule has 4 heteroatoms. The molecule has 0 saturated heterocycles. The van der Waals surface area contributed by atoms with E-state index in [0.717, 1.165) is 22.2 Å². The molecule has 0 fully saturated rings. The smallest absolute Gasteiger partial charge is 0.267 e. The van der Waals surface area contributed by atoms with Gasteiger partial charge in [0, 0.05) is 29.9 Å². The van der Waals surface area contributed by atoms with Crippen molar-refractivity contribution >= 4 is 22.4 Å². The van der Waals surface area contributed by atoms with Gasteiger partial charge in [0.15, 0.2) is 0 Å². The van der Waals surface area contributed by atoms with Gasteiger partial charge in [-0.25, -0.2) is 5.01 Å². The Balaban J connectivity index is 1.57. The van der Waals surface area contributed by atoms with Gasteiger partial charge in [-0.1, -0.05) is 60.7 Å². The fourth-order valence-electron chi connectivity index (χ4n) is 3.79. The van der Waals surface area contributed by atoms with Crippen LogP contribution < -0.4 is 0 Å². The first-order valence-corrected chi connectivity index (χ1v) is 9.65. The number of amides is 1. The molecule has 0 saturated carbocycles. The Bertz CT molecular complexity index is 1200. The summed E-state index contributed by atoms with van der Waals surface area (Å²) in [5.41, 5.74) is 3.53. The molecule has 29 heavy (non-hydrogen) atoms. The summed E-state index contributed by atoms with van der Waals surface area (Å²) in [4.78, 5) is 17.5. The second kappa shape index (κ2) is 7.32. The average Bonchev–Trinajstić information content (AvgIpc) is 3.25. The van der Waals surface area contributed by atoms with Gasteiger partial charge in [0.1, 0.15) is 0 Å². The van der Waals surface area contributed by atoms with Crippen LogP contribution in [0.15, 0.2) is 102 Å². The summed E-state index contributed by atoms with van der Waals surface area (Å²) in [5, 5.41) is 8.70. The predicted molar refractivity (Wildman–Crippen MR) is 115 cm³/mol. The minimum absolute atomic E-state index is 0.0948. The van der Waals surface area contributed by atoms with Crippen molar-refractivity contribution in [1.82, 2.24) is 9.99 Å². The third kappa shape index (κ3) is 3.29. The lowest BCUT2D eigenvalue weighted by Crippen LogP contribution is -2.27. The van der Waals surface area contributed by atoms with Crippen LogP contribution in [0.4, 0.5) is 0 Å². The average molecular weight is 377 g/mol. The summed E-state index contributed by atoms with van der Waals surface area (Å²) in [6, 6.07) is 27.7. The Labute approximate surface area is 169 Å². The van der Waals surface area contributed by atoms with Crippen molar-refractivity contribution in [2.75, 3.05) is 0 Å². The highest BCUT2D eigenvalue weighted by Gasteiger charge is 2.33. The van der Waals surface area contributed by atoms with E-state index in [1.807, 2.05) is 54.6 Å². The van der Waals surface area contributed by atoms with Gasteiger partial charge >= 0.3 is 0 Å². The first-order valence-electron chi connectivity index (χ1n) is 9.65. The SMILES string of the molecule is O=C(c1ccccc1)N1N=C(c2cccnc2)CC1c1ccc2ccccc2c1. The third-order valence-corrected chi connectivity index (χ3v) is 5.29. The molecule has 1 aromatic heterocycles. The quantitative estimate of drug-likeness (QED) is 0.491. The molecule has 4 nitrogen and oxygen atoms in total. The van der Waals surface area contributed by atoms with E-state index < -0.39 is 0 Å². The van der Waals surface area contributed by atoms with E-state index in [4.69, 9.17) is 5.10 Å². The second-order valence-corrected chi connectivity index (χ2v) is 7.13. The number of nitrogens with zero attached hydrogens (tertiary/aromatic N) is 3. The highest BCUT2D eigenvalue weighted by atomic mass is 16.2. The van der Waals surface area contributed by atoms with Crippen molar-refractivity contribution in [2.24, 2.45) is 5.10 Å². The third-order valence-electron chi connectivity index (χ3n) is 5.29. The van der Waals surface area contributed by atoms with E-state index in [9.17, 15) is 4.79 Å². The Morgan fingerprint density at radius 3 is 2.45 bits per heavy atom. The van der Waals surface area contributed by atoms with Crippen LogP contribution >= 0.6 is 0 Å². The van der Waals surface area contributed by atoms with Gasteiger partial charge in [0.25, 0.3) is 5.91 Å². The highest BCUT2D eigenvalue weighted by molar-refractivity contribution is 6.05. The molecule has 1 aliphatic rings. The zero-order valence-corrected chi connectivity index (χ0v) is 15.8. The number of fused-ring (bicyclic) bond motifs is 1. The number of benzene rings is 3. The zero-order valence-electron chi connectivity index (χ0n) is 15.8. The molecule has 1 atom stereocenters. The molecule has 1 unspecified atom stereocenters. The minimum atomic E-state index is -0.150. The van der Waals surface area contributed by atoms with Crippen molar-refractivity contribution in [3.63, 3.8) is 0 Å². The number of hydrogen-bond donors (Lipinski definition) is 0. The van der Waals surface area contributed by atoms with Gasteiger partial charge in [0.05, 0.1) is 11.8 Å². The van der Waals surface area contributed by atoms with Crippen LogP contribution in [0.1, 0.15) is 33.9 Å². The van der Waals surface area contributed by atoms with Crippen LogP contribution in [0.5, 0.6) is 0 Å². The van der Waals surface area contributed by atoms with Crippen molar-refractivity contribution in [3.8, 4) is 0 Å². The van der Waals surface area contributed by atoms with Crippen LogP contribution in [0.25, 0.3) is 10.8 Å². The van der Waals surface area contributed by atoms with E-state index in [1.54, 1.807) is 17.4 Å². The molecule has 140 valence electrons. The standard InChI is InChI=1S/C25H19N3O/c29-25(19-8-2-1-3-9-19)28-24(16-23(27-28)22-11-6-14-26-17-22)21-13-12-18-7-4-5-10-20(18)15-21/h1-15,17,24H,16H2. The topological polar surface area (TPSA) is 45.6 Å². The fraction of sp³-hybridized carbons (Fsp3) is 0.0800. The Hall–Kier alpha value is -3.79. The molecule has 0 radical (unpaired) electrons. The number of rotatable bonds is 3. The predicted octanol–water partition coefficient (Wildman–Crippen LogP) is 5.23. The molecule has 4 aromatic rings. The summed E-state index contributed by atoms with van der Waals surface area (Å²) >= 11 is 0. The molecule has 1 amide bonds. The van der Waals surface area contributed by atoms with Gasteiger partial charge in [0.2, 0.25) is 0 Å².